The van der Waals surface area contributed by atoms with E-state index in [1.54, 1.807) is 0 Å². The molecule has 0 aliphatic heterocycles. The molecule has 2 rings (SSSR count). The molecule has 2 aliphatic carbocycles. The van der Waals surface area contributed by atoms with Gasteiger partial charge in [0.1, 0.15) is 5.78 Å². The second kappa shape index (κ2) is 2.33. The van der Waals surface area contributed by atoms with Gasteiger partial charge in [-0.3, -0.25) is 4.79 Å². The number of hydrogen-bond acceptors (Lipinski definition) is 1. The van der Waals surface area contributed by atoms with E-state index in [1.807, 2.05) is 0 Å². The minimum Gasteiger partial charge on any atom is -0.298 e. The fourth-order valence-electron chi connectivity index (χ4n) is 2.22. The van der Waals surface area contributed by atoms with Crippen LogP contribution >= 0.6 is 15.9 Å². The van der Waals surface area contributed by atoms with Gasteiger partial charge in [-0.2, -0.15) is 0 Å². The molecule has 10 heavy (non-hydrogen) atoms. The second-order valence-corrected chi connectivity index (χ2v) is 4.50. The van der Waals surface area contributed by atoms with Gasteiger partial charge in [0.2, 0.25) is 0 Å². The molecule has 2 aliphatic rings. The molecule has 0 aromatic heterocycles. The molecule has 1 nitrogen and oxygen atoms in total. The molecule has 0 heterocycles. The van der Waals surface area contributed by atoms with Crippen LogP contribution in [0.25, 0.3) is 0 Å². The van der Waals surface area contributed by atoms with Crippen LogP contribution in [-0.2, 0) is 4.79 Å². The number of fused-ring (bicyclic) bond motifs is 2. The largest absolute Gasteiger partial charge is 0.298 e. The topological polar surface area (TPSA) is 17.1 Å². The highest BCUT2D eigenvalue weighted by Crippen LogP contribution is 2.43. The van der Waals surface area contributed by atoms with E-state index in [0.717, 1.165) is 12.3 Å². The Balaban J connectivity index is 2.17. The first-order valence-electron chi connectivity index (χ1n) is 3.94. The zero-order chi connectivity index (χ0) is 7.14. The zero-order valence-corrected chi connectivity index (χ0v) is 7.43. The first-order valence-corrected chi connectivity index (χ1v) is 4.85. The van der Waals surface area contributed by atoms with Crippen molar-refractivity contribution in [3.8, 4) is 0 Å². The zero-order valence-electron chi connectivity index (χ0n) is 5.85. The number of alkyl halides is 1. The van der Waals surface area contributed by atoms with E-state index in [-0.39, 0.29) is 4.83 Å². The van der Waals surface area contributed by atoms with Gasteiger partial charge in [0.15, 0.2) is 0 Å². The number of carbonyl (C=O) groups is 1. The van der Waals surface area contributed by atoms with Crippen molar-refractivity contribution in [2.75, 3.05) is 0 Å². The van der Waals surface area contributed by atoms with E-state index in [9.17, 15) is 4.79 Å². The third kappa shape index (κ3) is 0.931. The van der Waals surface area contributed by atoms with Gasteiger partial charge in [0.05, 0.1) is 4.83 Å². The maximum Gasteiger partial charge on any atom is 0.147 e. The lowest BCUT2D eigenvalue weighted by Crippen LogP contribution is -2.27. The van der Waals surface area contributed by atoms with E-state index >= 15 is 0 Å². The summed E-state index contributed by atoms with van der Waals surface area (Å²) in [5.41, 5.74) is 0. The monoisotopic (exact) mass is 202 g/mol. The van der Waals surface area contributed by atoms with Gasteiger partial charge in [-0.05, 0) is 31.1 Å². The molecule has 2 heteroatoms. The smallest absolute Gasteiger partial charge is 0.147 e. The van der Waals surface area contributed by atoms with Crippen LogP contribution in [0.4, 0.5) is 0 Å². The number of ketones is 1. The highest BCUT2D eigenvalue weighted by Gasteiger charge is 2.39. The Morgan fingerprint density at radius 3 is 3.00 bits per heavy atom. The summed E-state index contributed by atoms with van der Waals surface area (Å²) in [6, 6.07) is 0. The molecule has 0 aromatic rings. The highest BCUT2D eigenvalue weighted by molar-refractivity contribution is 9.10. The molecule has 0 spiro atoms. The molecule has 0 unspecified atom stereocenters. The number of rotatable bonds is 0. The van der Waals surface area contributed by atoms with E-state index in [4.69, 9.17) is 0 Å². The molecular weight excluding hydrogens is 192 g/mol. The Kier molecular flexibility index (Phi) is 1.59. The lowest BCUT2D eigenvalue weighted by Gasteiger charge is -2.22. The van der Waals surface area contributed by atoms with Crippen molar-refractivity contribution in [3.05, 3.63) is 0 Å². The van der Waals surface area contributed by atoms with Gasteiger partial charge < -0.3 is 0 Å². The van der Waals surface area contributed by atoms with E-state index in [0.29, 0.717) is 11.7 Å². The summed E-state index contributed by atoms with van der Waals surface area (Å²) < 4.78 is 0. The van der Waals surface area contributed by atoms with E-state index < -0.39 is 0 Å². The predicted molar refractivity (Wildman–Crippen MR) is 43.2 cm³/mol. The summed E-state index contributed by atoms with van der Waals surface area (Å²) in [6.07, 6.45) is 4.69. The van der Waals surface area contributed by atoms with Gasteiger partial charge in [-0.1, -0.05) is 15.9 Å². The van der Waals surface area contributed by atoms with Crippen LogP contribution in [0.5, 0.6) is 0 Å². The van der Waals surface area contributed by atoms with E-state index in [2.05, 4.69) is 15.9 Å². The summed E-state index contributed by atoms with van der Waals surface area (Å²) in [5.74, 6) is 1.86. The van der Waals surface area contributed by atoms with Crippen molar-refractivity contribution in [2.45, 2.75) is 30.5 Å². The molecule has 0 amide bonds. The molecule has 2 bridgehead atoms. The Hall–Kier alpha value is 0.150. The number of halogens is 1. The van der Waals surface area contributed by atoms with Gasteiger partial charge in [-0.15, -0.1) is 0 Å². The van der Waals surface area contributed by atoms with Crippen LogP contribution in [0.3, 0.4) is 0 Å². The number of carbonyl (C=O) groups excluding carboxylic acids is 1. The van der Waals surface area contributed by atoms with Crippen LogP contribution in [0.2, 0.25) is 0 Å². The van der Waals surface area contributed by atoms with Crippen molar-refractivity contribution >= 4 is 21.7 Å². The van der Waals surface area contributed by atoms with Crippen molar-refractivity contribution < 1.29 is 4.79 Å². The highest BCUT2D eigenvalue weighted by atomic mass is 79.9. The number of Topliss-reactive ketones (excluding diaryl/α,β-unsaturated/α-hetero) is 1. The molecule has 2 saturated carbocycles. The minimum absolute atomic E-state index is 0.200. The summed E-state index contributed by atoms with van der Waals surface area (Å²) in [7, 11) is 0. The molecular formula is C8H11BrO. The fraction of sp³-hybridized carbons (Fsp3) is 0.875. The molecule has 3 atom stereocenters. The maximum absolute atomic E-state index is 11.2. The Bertz CT molecular complexity index is 167. The summed E-state index contributed by atoms with van der Waals surface area (Å²) >= 11 is 3.46. The van der Waals surface area contributed by atoms with Gasteiger partial charge in [0.25, 0.3) is 0 Å². The lowest BCUT2D eigenvalue weighted by atomic mass is 9.88. The van der Waals surface area contributed by atoms with Gasteiger partial charge in [0, 0.05) is 6.42 Å². The van der Waals surface area contributed by atoms with Crippen molar-refractivity contribution in [1.82, 2.24) is 0 Å². The predicted octanol–water partition coefficient (Wildman–Crippen LogP) is 2.14. The third-order valence-electron chi connectivity index (χ3n) is 2.79. The molecule has 0 radical (unpaired) electrons. The summed E-state index contributed by atoms with van der Waals surface area (Å²) in [6.45, 7) is 0. The molecule has 0 saturated heterocycles. The van der Waals surface area contributed by atoms with Crippen molar-refractivity contribution in [3.63, 3.8) is 0 Å². The van der Waals surface area contributed by atoms with E-state index in [1.165, 1.54) is 19.3 Å². The average Bonchev–Trinajstić information content (AvgIpc) is 2.29. The van der Waals surface area contributed by atoms with Crippen molar-refractivity contribution in [2.24, 2.45) is 11.8 Å². The minimum atomic E-state index is 0.200. The molecule has 0 aromatic carbocycles. The molecule has 2 fully saturated rings. The quantitative estimate of drug-likeness (QED) is 0.551. The molecule has 0 N–H and O–H groups in total. The second-order valence-electron chi connectivity index (χ2n) is 3.51. The standard InChI is InChI=1S/C8H11BrO/c9-8-6-2-1-5(3-6)4-7(8)10/h5-6,8H,1-4H2/t5-,6+,8-/m0/s1. The van der Waals surface area contributed by atoms with Gasteiger partial charge in [-0.25, -0.2) is 0 Å². The summed E-state index contributed by atoms with van der Waals surface area (Å²) in [4.78, 5) is 11.4. The third-order valence-corrected chi connectivity index (χ3v) is 4.05. The van der Waals surface area contributed by atoms with Crippen LogP contribution in [0.1, 0.15) is 25.7 Å². The Morgan fingerprint density at radius 1 is 1.40 bits per heavy atom. The van der Waals surface area contributed by atoms with Gasteiger partial charge >= 0.3 is 0 Å². The Labute approximate surface area is 69.3 Å². The van der Waals surface area contributed by atoms with Crippen LogP contribution in [-0.4, -0.2) is 10.6 Å². The van der Waals surface area contributed by atoms with Crippen LogP contribution < -0.4 is 0 Å². The molecule has 56 valence electrons. The first-order chi connectivity index (χ1) is 4.77. The number of hydrogen-bond donors (Lipinski definition) is 0. The van der Waals surface area contributed by atoms with Crippen LogP contribution in [0, 0.1) is 11.8 Å². The lowest BCUT2D eigenvalue weighted by molar-refractivity contribution is -0.121. The average molecular weight is 203 g/mol. The Morgan fingerprint density at radius 2 is 2.20 bits per heavy atom. The first kappa shape index (κ1) is 6.84. The van der Waals surface area contributed by atoms with Crippen LogP contribution in [0.15, 0.2) is 0 Å². The summed E-state index contributed by atoms with van der Waals surface area (Å²) in [5, 5.41) is 0. The van der Waals surface area contributed by atoms with Crippen molar-refractivity contribution in [1.29, 1.82) is 0 Å². The fourth-order valence-corrected chi connectivity index (χ4v) is 2.89. The normalized spacial score (nSPS) is 46.1. The SMILES string of the molecule is O=C1C[C@H]2CC[C@H](C2)[C@@H]1Br. The maximum atomic E-state index is 11.2.